The summed E-state index contributed by atoms with van der Waals surface area (Å²) in [7, 11) is 0. The molecule has 3 aromatic rings. The van der Waals surface area contributed by atoms with Crippen LogP contribution in [0.1, 0.15) is 5.56 Å². The van der Waals surface area contributed by atoms with Crippen LogP contribution in [0.25, 0.3) is 22.2 Å². The predicted octanol–water partition coefficient (Wildman–Crippen LogP) is 3.47. The van der Waals surface area contributed by atoms with Crippen LogP contribution < -0.4 is 0 Å². The van der Waals surface area contributed by atoms with E-state index in [9.17, 15) is 19.7 Å². The van der Waals surface area contributed by atoms with Gasteiger partial charge in [-0.3, -0.25) is 0 Å². The summed E-state index contributed by atoms with van der Waals surface area (Å²) in [5, 5.41) is 29.3. The lowest BCUT2D eigenvalue weighted by atomic mass is 10.1. The molecule has 106 valence electrons. The number of hydrogen-bond acceptors (Lipinski definition) is 4. The van der Waals surface area contributed by atoms with Crippen LogP contribution in [-0.2, 0) is 0 Å². The second kappa shape index (κ2) is 4.63. The fourth-order valence-electron chi connectivity index (χ4n) is 2.18. The minimum absolute atomic E-state index is 0.0614. The topological polar surface area (TPSA) is 73.6 Å². The first-order chi connectivity index (χ1) is 9.97. The van der Waals surface area contributed by atoms with Gasteiger partial charge in [-0.2, -0.15) is 0 Å². The molecular formula is C16H12FNO3. The number of hydrogen-bond donors (Lipinski definition) is 3. The molecule has 21 heavy (non-hydrogen) atoms. The van der Waals surface area contributed by atoms with Crippen molar-refractivity contribution in [3.63, 3.8) is 0 Å². The van der Waals surface area contributed by atoms with E-state index in [1.54, 1.807) is 19.1 Å². The highest BCUT2D eigenvalue weighted by atomic mass is 19.1. The van der Waals surface area contributed by atoms with E-state index in [2.05, 4.69) is 4.98 Å². The van der Waals surface area contributed by atoms with Crippen molar-refractivity contribution in [2.75, 3.05) is 0 Å². The average Bonchev–Trinajstić information content (AvgIpc) is 2.45. The Hall–Kier alpha value is -2.82. The fourth-order valence-corrected chi connectivity index (χ4v) is 2.18. The first kappa shape index (κ1) is 13.2. The van der Waals surface area contributed by atoms with E-state index >= 15 is 0 Å². The quantitative estimate of drug-likeness (QED) is 0.599. The third-order valence-electron chi connectivity index (χ3n) is 3.37. The first-order valence-corrected chi connectivity index (χ1v) is 6.28. The monoisotopic (exact) mass is 285 g/mol. The molecule has 0 saturated carbocycles. The molecular weight excluding hydrogens is 273 g/mol. The van der Waals surface area contributed by atoms with Gasteiger partial charge in [0.25, 0.3) is 0 Å². The maximum atomic E-state index is 13.6. The zero-order valence-electron chi connectivity index (χ0n) is 11.1. The van der Waals surface area contributed by atoms with E-state index < -0.39 is 5.75 Å². The lowest BCUT2D eigenvalue weighted by Gasteiger charge is -2.09. The van der Waals surface area contributed by atoms with E-state index in [0.717, 1.165) is 0 Å². The molecule has 4 nitrogen and oxygen atoms in total. The number of pyridine rings is 1. The van der Waals surface area contributed by atoms with E-state index in [1.807, 2.05) is 0 Å². The molecule has 0 aliphatic heterocycles. The van der Waals surface area contributed by atoms with Crippen LogP contribution in [0.15, 0.2) is 36.4 Å². The molecule has 0 saturated heterocycles. The number of halogens is 1. The number of aromatic nitrogens is 1. The predicted molar refractivity (Wildman–Crippen MR) is 76.9 cm³/mol. The van der Waals surface area contributed by atoms with Crippen molar-refractivity contribution >= 4 is 10.9 Å². The molecule has 3 N–H and O–H groups in total. The fraction of sp³-hybridized carbons (Fsp3) is 0.0625. The molecule has 0 atom stereocenters. The summed E-state index contributed by atoms with van der Waals surface area (Å²) >= 11 is 0. The van der Waals surface area contributed by atoms with E-state index in [0.29, 0.717) is 22.3 Å². The van der Waals surface area contributed by atoms with Crippen molar-refractivity contribution in [1.82, 2.24) is 4.98 Å². The van der Waals surface area contributed by atoms with Crippen LogP contribution in [0.3, 0.4) is 0 Å². The van der Waals surface area contributed by atoms with Gasteiger partial charge < -0.3 is 15.3 Å². The molecule has 3 rings (SSSR count). The van der Waals surface area contributed by atoms with Gasteiger partial charge in [0, 0.05) is 11.6 Å². The van der Waals surface area contributed by atoms with Gasteiger partial charge >= 0.3 is 0 Å². The number of rotatable bonds is 1. The number of phenolic OH excluding ortho intramolecular Hbond substituents is 2. The van der Waals surface area contributed by atoms with Crippen LogP contribution in [0, 0.1) is 12.7 Å². The molecule has 0 fully saturated rings. The molecule has 1 aromatic heterocycles. The number of aromatic hydroxyl groups is 3. The van der Waals surface area contributed by atoms with Gasteiger partial charge in [0.05, 0.1) is 16.6 Å². The lowest BCUT2D eigenvalue weighted by molar-refractivity contribution is 0.405. The summed E-state index contributed by atoms with van der Waals surface area (Å²) in [5.74, 6) is -1.36. The maximum Gasteiger partial charge on any atom is 0.170 e. The van der Waals surface area contributed by atoms with Crippen molar-refractivity contribution in [1.29, 1.82) is 0 Å². The Labute approximate surface area is 119 Å². The standard InChI is InChI=1S/C16H12FNO3/c1-8-2-3-9(6-10(8)17)12-7-14(20)15-11(18-12)4-5-13(19)16(15)21/h2-7,19,21H,1H3,(H,18,20). The molecule has 0 bridgehead atoms. The second-order valence-corrected chi connectivity index (χ2v) is 4.82. The number of phenols is 2. The van der Waals surface area contributed by atoms with Gasteiger partial charge in [-0.05, 0) is 30.7 Å². The minimum atomic E-state index is -0.431. The Morgan fingerprint density at radius 1 is 0.952 bits per heavy atom. The summed E-state index contributed by atoms with van der Waals surface area (Å²) in [6, 6.07) is 8.74. The van der Waals surface area contributed by atoms with Crippen LogP contribution in [0.2, 0.25) is 0 Å². The Bertz CT molecular complexity index is 862. The molecule has 1 heterocycles. The number of benzene rings is 2. The van der Waals surface area contributed by atoms with Gasteiger partial charge in [0.1, 0.15) is 11.6 Å². The second-order valence-electron chi connectivity index (χ2n) is 4.82. The molecule has 0 spiro atoms. The van der Waals surface area contributed by atoms with Crippen LogP contribution in [0.4, 0.5) is 4.39 Å². The molecule has 5 heteroatoms. The summed E-state index contributed by atoms with van der Waals surface area (Å²) in [4.78, 5) is 4.28. The van der Waals surface area contributed by atoms with Crippen LogP contribution in [0.5, 0.6) is 17.2 Å². The van der Waals surface area contributed by atoms with Gasteiger partial charge in [-0.25, -0.2) is 9.37 Å². The molecule has 0 radical (unpaired) electrons. The number of nitrogens with zero attached hydrogens (tertiary/aromatic N) is 1. The molecule has 2 aromatic carbocycles. The first-order valence-electron chi connectivity index (χ1n) is 6.28. The van der Waals surface area contributed by atoms with Gasteiger partial charge in [0.15, 0.2) is 11.5 Å². The van der Waals surface area contributed by atoms with Crippen molar-refractivity contribution in [3.05, 3.63) is 47.8 Å². The van der Waals surface area contributed by atoms with Gasteiger partial charge in [-0.1, -0.05) is 12.1 Å². The highest BCUT2D eigenvalue weighted by Gasteiger charge is 2.13. The average molecular weight is 285 g/mol. The van der Waals surface area contributed by atoms with Gasteiger partial charge in [-0.15, -0.1) is 0 Å². The number of aryl methyl sites for hydroxylation is 1. The smallest absolute Gasteiger partial charge is 0.170 e. The van der Waals surface area contributed by atoms with Crippen molar-refractivity contribution in [2.24, 2.45) is 0 Å². The normalized spacial score (nSPS) is 11.0. The van der Waals surface area contributed by atoms with Crippen LogP contribution in [-0.4, -0.2) is 20.3 Å². The summed E-state index contributed by atoms with van der Waals surface area (Å²) in [6.45, 7) is 1.66. The Morgan fingerprint density at radius 2 is 1.71 bits per heavy atom. The number of fused-ring (bicyclic) bond motifs is 1. The van der Waals surface area contributed by atoms with Crippen molar-refractivity contribution in [3.8, 4) is 28.5 Å². The van der Waals surface area contributed by atoms with Crippen molar-refractivity contribution in [2.45, 2.75) is 6.92 Å². The minimum Gasteiger partial charge on any atom is -0.507 e. The third kappa shape index (κ3) is 2.12. The lowest BCUT2D eigenvalue weighted by Crippen LogP contribution is -1.89. The highest BCUT2D eigenvalue weighted by molar-refractivity contribution is 5.94. The van der Waals surface area contributed by atoms with Crippen LogP contribution >= 0.6 is 0 Å². The summed E-state index contributed by atoms with van der Waals surface area (Å²) in [5.41, 5.74) is 1.72. The summed E-state index contributed by atoms with van der Waals surface area (Å²) in [6.07, 6.45) is 0. The van der Waals surface area contributed by atoms with E-state index in [4.69, 9.17) is 0 Å². The third-order valence-corrected chi connectivity index (χ3v) is 3.37. The zero-order valence-corrected chi connectivity index (χ0v) is 11.1. The molecule has 0 aliphatic rings. The molecule has 0 unspecified atom stereocenters. The van der Waals surface area contributed by atoms with E-state index in [1.165, 1.54) is 24.3 Å². The Morgan fingerprint density at radius 3 is 2.43 bits per heavy atom. The highest BCUT2D eigenvalue weighted by Crippen LogP contribution is 2.39. The Kier molecular flexibility index (Phi) is 2.90. The van der Waals surface area contributed by atoms with Crippen molar-refractivity contribution < 1.29 is 19.7 Å². The maximum absolute atomic E-state index is 13.6. The van der Waals surface area contributed by atoms with E-state index in [-0.39, 0.29) is 22.7 Å². The zero-order chi connectivity index (χ0) is 15.1. The molecule has 0 aliphatic carbocycles. The largest absolute Gasteiger partial charge is 0.507 e. The summed E-state index contributed by atoms with van der Waals surface area (Å²) < 4.78 is 13.6. The molecule has 0 amide bonds. The van der Waals surface area contributed by atoms with Gasteiger partial charge in [0.2, 0.25) is 0 Å². The Balaban J connectivity index is 2.25. The SMILES string of the molecule is Cc1ccc(-c2cc(O)c3c(O)c(O)ccc3n2)cc1F.